The maximum Gasteiger partial charge on any atom is 0.221 e. The zero-order valence-corrected chi connectivity index (χ0v) is 13.6. The minimum Gasteiger partial charge on any atom is -0.506 e. The van der Waals surface area contributed by atoms with Gasteiger partial charge in [0.15, 0.2) is 0 Å². The van der Waals surface area contributed by atoms with Gasteiger partial charge in [0.2, 0.25) is 5.91 Å². The highest BCUT2D eigenvalue weighted by atomic mass is 35.5. The summed E-state index contributed by atoms with van der Waals surface area (Å²) in [6, 6.07) is 10.9. The van der Waals surface area contributed by atoms with E-state index in [1.807, 2.05) is 31.2 Å². The van der Waals surface area contributed by atoms with Crippen LogP contribution in [0.2, 0.25) is 0 Å². The topological polar surface area (TPSA) is 91.1 Å². The van der Waals surface area contributed by atoms with Gasteiger partial charge in [-0.25, -0.2) is 0 Å². The standard InChI is InChI=1S/C17H17N3O2.ClH/c1-9-13-8-12(19-10(2)21)4-5-15(13)20-17(9)11-3-6-16(22)14(18)7-11;/h3-8,20,22H,18H2,1-2H3,(H,19,21);1H. The fourth-order valence-electron chi connectivity index (χ4n) is 2.61. The molecular formula is C17H18ClN3O2. The van der Waals surface area contributed by atoms with E-state index < -0.39 is 0 Å². The number of amides is 1. The SMILES string of the molecule is CC(=O)Nc1ccc2[nH]c(-c3ccc(O)c(N)c3)c(C)c2c1.Cl. The first kappa shape index (κ1) is 16.7. The molecule has 1 heterocycles. The number of aromatic nitrogens is 1. The van der Waals surface area contributed by atoms with Crippen LogP contribution in [0.25, 0.3) is 22.2 Å². The van der Waals surface area contributed by atoms with Crippen molar-refractivity contribution in [3.05, 3.63) is 42.0 Å². The molecule has 0 saturated heterocycles. The van der Waals surface area contributed by atoms with Gasteiger partial charge >= 0.3 is 0 Å². The first-order valence-electron chi connectivity index (χ1n) is 6.94. The van der Waals surface area contributed by atoms with Crippen LogP contribution in [0.3, 0.4) is 0 Å². The maximum atomic E-state index is 11.2. The number of hydrogen-bond acceptors (Lipinski definition) is 3. The van der Waals surface area contributed by atoms with E-state index in [1.165, 1.54) is 6.92 Å². The Hall–Kier alpha value is -2.66. The quantitative estimate of drug-likeness (QED) is 0.425. The van der Waals surface area contributed by atoms with Gasteiger partial charge in [0.1, 0.15) is 5.75 Å². The normalized spacial score (nSPS) is 10.3. The second kappa shape index (κ2) is 6.22. The Balaban J connectivity index is 0.00000192. The molecule has 0 aliphatic carbocycles. The van der Waals surface area contributed by atoms with E-state index in [-0.39, 0.29) is 24.1 Å². The van der Waals surface area contributed by atoms with Gasteiger partial charge < -0.3 is 21.1 Å². The average Bonchev–Trinajstić information content (AvgIpc) is 2.79. The number of nitrogens with one attached hydrogen (secondary N) is 2. The first-order chi connectivity index (χ1) is 10.5. The molecule has 0 spiro atoms. The molecule has 1 aromatic heterocycles. The third kappa shape index (κ3) is 3.10. The average molecular weight is 332 g/mol. The van der Waals surface area contributed by atoms with Crippen molar-refractivity contribution in [2.45, 2.75) is 13.8 Å². The number of aromatic amines is 1. The molecule has 3 aromatic rings. The van der Waals surface area contributed by atoms with Gasteiger partial charge in [0.05, 0.1) is 5.69 Å². The number of aromatic hydroxyl groups is 1. The Bertz CT molecular complexity index is 887. The highest BCUT2D eigenvalue weighted by Crippen LogP contribution is 2.33. The van der Waals surface area contributed by atoms with Crippen LogP contribution in [0.4, 0.5) is 11.4 Å². The van der Waals surface area contributed by atoms with Crippen molar-refractivity contribution in [3.63, 3.8) is 0 Å². The molecule has 0 aliphatic heterocycles. The lowest BCUT2D eigenvalue weighted by atomic mass is 10.1. The summed E-state index contributed by atoms with van der Waals surface area (Å²) < 4.78 is 0. The molecule has 0 fully saturated rings. The van der Waals surface area contributed by atoms with Gasteiger partial charge in [-0.05, 0) is 48.9 Å². The highest BCUT2D eigenvalue weighted by molar-refractivity contribution is 5.96. The lowest BCUT2D eigenvalue weighted by Gasteiger charge is -2.04. The van der Waals surface area contributed by atoms with Crippen LogP contribution < -0.4 is 11.1 Å². The zero-order valence-electron chi connectivity index (χ0n) is 12.8. The van der Waals surface area contributed by atoms with E-state index >= 15 is 0 Å². The Morgan fingerprint density at radius 3 is 2.61 bits per heavy atom. The zero-order chi connectivity index (χ0) is 15.9. The monoisotopic (exact) mass is 331 g/mol. The summed E-state index contributed by atoms with van der Waals surface area (Å²) in [6.45, 7) is 3.49. The van der Waals surface area contributed by atoms with E-state index in [4.69, 9.17) is 5.73 Å². The fourth-order valence-corrected chi connectivity index (χ4v) is 2.61. The molecule has 23 heavy (non-hydrogen) atoms. The summed E-state index contributed by atoms with van der Waals surface area (Å²) >= 11 is 0. The summed E-state index contributed by atoms with van der Waals surface area (Å²) in [6.07, 6.45) is 0. The van der Waals surface area contributed by atoms with E-state index in [2.05, 4.69) is 10.3 Å². The summed E-state index contributed by atoms with van der Waals surface area (Å²) in [7, 11) is 0. The second-order valence-electron chi connectivity index (χ2n) is 5.34. The van der Waals surface area contributed by atoms with Crippen molar-refractivity contribution in [2.75, 3.05) is 11.1 Å². The highest BCUT2D eigenvalue weighted by Gasteiger charge is 2.11. The first-order valence-corrected chi connectivity index (χ1v) is 6.94. The van der Waals surface area contributed by atoms with Gasteiger partial charge in [-0.15, -0.1) is 12.4 Å². The molecule has 1 amide bonds. The number of nitrogen functional groups attached to an aromatic ring is 1. The van der Waals surface area contributed by atoms with Crippen molar-refractivity contribution in [1.29, 1.82) is 0 Å². The predicted octanol–water partition coefficient (Wildman–Crippen LogP) is 3.81. The van der Waals surface area contributed by atoms with Crippen LogP contribution in [0.15, 0.2) is 36.4 Å². The number of benzene rings is 2. The molecule has 5 nitrogen and oxygen atoms in total. The van der Waals surface area contributed by atoms with Crippen molar-refractivity contribution < 1.29 is 9.90 Å². The van der Waals surface area contributed by atoms with Gasteiger partial charge in [-0.1, -0.05) is 0 Å². The van der Waals surface area contributed by atoms with Crippen LogP contribution in [0.1, 0.15) is 12.5 Å². The smallest absolute Gasteiger partial charge is 0.221 e. The number of carbonyl (C=O) groups excluding carboxylic acids is 1. The number of H-pyrrole nitrogens is 1. The molecule has 0 unspecified atom stereocenters. The van der Waals surface area contributed by atoms with E-state index in [0.717, 1.165) is 33.4 Å². The van der Waals surface area contributed by atoms with Crippen molar-refractivity contribution >= 4 is 40.6 Å². The van der Waals surface area contributed by atoms with Gasteiger partial charge in [0, 0.05) is 34.8 Å². The van der Waals surface area contributed by atoms with Crippen molar-refractivity contribution in [1.82, 2.24) is 4.98 Å². The molecule has 120 valence electrons. The van der Waals surface area contributed by atoms with Crippen LogP contribution in [-0.2, 0) is 4.79 Å². The third-order valence-corrected chi connectivity index (χ3v) is 3.69. The molecular weight excluding hydrogens is 314 g/mol. The largest absolute Gasteiger partial charge is 0.506 e. The summed E-state index contributed by atoms with van der Waals surface area (Å²) in [5.41, 5.74) is 10.8. The Kier molecular flexibility index (Phi) is 4.52. The van der Waals surface area contributed by atoms with Crippen molar-refractivity contribution in [3.8, 4) is 17.0 Å². The van der Waals surface area contributed by atoms with Crippen LogP contribution in [0, 0.1) is 6.92 Å². The lowest BCUT2D eigenvalue weighted by molar-refractivity contribution is -0.114. The van der Waals surface area contributed by atoms with E-state index in [1.54, 1.807) is 12.1 Å². The summed E-state index contributed by atoms with van der Waals surface area (Å²) in [4.78, 5) is 14.5. The minimum absolute atomic E-state index is 0. The Morgan fingerprint density at radius 1 is 1.22 bits per heavy atom. The third-order valence-electron chi connectivity index (χ3n) is 3.69. The molecule has 5 N–H and O–H groups in total. The number of carbonyl (C=O) groups is 1. The molecule has 0 atom stereocenters. The van der Waals surface area contributed by atoms with Gasteiger partial charge in [-0.2, -0.15) is 0 Å². The number of anilines is 2. The molecule has 2 aromatic carbocycles. The van der Waals surface area contributed by atoms with Crippen LogP contribution in [-0.4, -0.2) is 16.0 Å². The number of phenolic OH excluding ortho intramolecular Hbond substituents is 1. The number of halogens is 1. The van der Waals surface area contributed by atoms with Crippen molar-refractivity contribution in [2.24, 2.45) is 0 Å². The van der Waals surface area contributed by atoms with E-state index in [0.29, 0.717) is 5.69 Å². The number of fused-ring (bicyclic) bond motifs is 1. The number of hydrogen-bond donors (Lipinski definition) is 4. The predicted molar refractivity (Wildman–Crippen MR) is 96.1 cm³/mol. The molecule has 0 bridgehead atoms. The molecule has 0 aliphatic rings. The fraction of sp³-hybridized carbons (Fsp3) is 0.118. The molecule has 0 radical (unpaired) electrons. The minimum atomic E-state index is -0.0981. The Morgan fingerprint density at radius 2 is 1.96 bits per heavy atom. The summed E-state index contributed by atoms with van der Waals surface area (Å²) in [5, 5.41) is 13.4. The van der Waals surface area contributed by atoms with Gasteiger partial charge in [-0.3, -0.25) is 4.79 Å². The van der Waals surface area contributed by atoms with Gasteiger partial charge in [0.25, 0.3) is 0 Å². The Labute approximate surface area is 139 Å². The maximum absolute atomic E-state index is 11.2. The van der Waals surface area contributed by atoms with Crippen LogP contribution in [0.5, 0.6) is 5.75 Å². The molecule has 3 rings (SSSR count). The number of nitrogens with two attached hydrogens (primary N) is 1. The van der Waals surface area contributed by atoms with Crippen LogP contribution >= 0.6 is 12.4 Å². The number of aryl methyl sites for hydroxylation is 1. The summed E-state index contributed by atoms with van der Waals surface area (Å²) in [5.74, 6) is -0.0236. The molecule has 0 saturated carbocycles. The lowest BCUT2D eigenvalue weighted by Crippen LogP contribution is -2.05. The molecule has 6 heteroatoms. The number of phenols is 1. The number of rotatable bonds is 2. The second-order valence-corrected chi connectivity index (χ2v) is 5.34. The van der Waals surface area contributed by atoms with E-state index in [9.17, 15) is 9.90 Å².